The number of carbonyl (C=O) groups excluding carboxylic acids is 1. The Balaban J connectivity index is 2.02. The van der Waals surface area contributed by atoms with E-state index in [9.17, 15) is 9.18 Å². The molecule has 1 aliphatic heterocycles. The summed E-state index contributed by atoms with van der Waals surface area (Å²) in [5.41, 5.74) is 0.171. The molecule has 0 bridgehead atoms. The monoisotopic (exact) mass is 273 g/mol. The van der Waals surface area contributed by atoms with Crippen molar-refractivity contribution >= 4 is 23.4 Å². The van der Waals surface area contributed by atoms with Gasteiger partial charge in [-0.05, 0) is 17.7 Å². The molecule has 0 spiro atoms. The molecule has 2 aromatic carbocycles. The largest absolute Gasteiger partial charge is 0.292 e. The van der Waals surface area contributed by atoms with Crippen LogP contribution in [0.25, 0.3) is 0 Å². The van der Waals surface area contributed by atoms with Crippen molar-refractivity contribution < 1.29 is 9.18 Å². The van der Waals surface area contributed by atoms with Crippen LogP contribution in [0.15, 0.2) is 60.7 Å². The fourth-order valence-corrected chi connectivity index (χ4v) is 3.27. The van der Waals surface area contributed by atoms with Gasteiger partial charge in [0.15, 0.2) is 0 Å². The maximum Gasteiger partial charge on any atom is 0.273 e. The number of para-hydroxylation sites is 1. The zero-order valence-corrected chi connectivity index (χ0v) is 10.9. The molecule has 0 radical (unpaired) electrons. The van der Waals surface area contributed by atoms with E-state index in [-0.39, 0.29) is 5.37 Å². The highest BCUT2D eigenvalue weighted by atomic mass is 32.2. The summed E-state index contributed by atoms with van der Waals surface area (Å²) in [5.74, 6) is -0.481. The third kappa shape index (κ3) is 2.24. The van der Waals surface area contributed by atoms with Gasteiger partial charge >= 0.3 is 0 Å². The van der Waals surface area contributed by atoms with E-state index >= 15 is 0 Å². The first kappa shape index (κ1) is 12.2. The average molecular weight is 273 g/mol. The van der Waals surface area contributed by atoms with E-state index in [1.165, 1.54) is 4.90 Å². The van der Waals surface area contributed by atoms with Crippen LogP contribution in [0, 0.1) is 0 Å². The van der Waals surface area contributed by atoms with E-state index in [0.717, 1.165) is 23.0 Å². The molecule has 1 fully saturated rings. The summed E-state index contributed by atoms with van der Waals surface area (Å²) in [4.78, 5) is 13.6. The Hall–Kier alpha value is -1.81. The van der Waals surface area contributed by atoms with Gasteiger partial charge in [-0.1, -0.05) is 60.3 Å². The minimum atomic E-state index is -1.49. The molecule has 0 unspecified atom stereocenters. The Labute approximate surface area is 115 Å². The summed E-state index contributed by atoms with van der Waals surface area (Å²) in [6.07, 6.45) is 0. The predicted octanol–water partition coefficient (Wildman–Crippen LogP) is 3.76. The number of alkyl halides is 1. The summed E-state index contributed by atoms with van der Waals surface area (Å²) >= 11 is 1.04. The standard InChI is InChI=1S/C15H12FNOS/c16-13-14(18)17(12-9-5-2-6-10-12)15(19-13)11-7-3-1-4-8-11/h1-10,13,15H/t13-,15+/m0/s1. The molecule has 96 valence electrons. The number of carbonyl (C=O) groups is 1. The number of nitrogens with zero attached hydrogens (tertiary/aromatic N) is 1. The zero-order chi connectivity index (χ0) is 13.2. The highest BCUT2D eigenvalue weighted by Gasteiger charge is 2.42. The Morgan fingerprint density at radius 3 is 2.16 bits per heavy atom. The molecule has 0 aliphatic carbocycles. The minimum Gasteiger partial charge on any atom is -0.292 e. The molecule has 1 aliphatic rings. The highest BCUT2D eigenvalue weighted by Crippen LogP contribution is 2.45. The number of rotatable bonds is 2. The molecular formula is C15H12FNOS. The van der Waals surface area contributed by atoms with Gasteiger partial charge in [0, 0.05) is 5.69 Å². The molecule has 0 N–H and O–H groups in total. The number of halogens is 1. The zero-order valence-electron chi connectivity index (χ0n) is 10.1. The average Bonchev–Trinajstić information content (AvgIpc) is 2.77. The van der Waals surface area contributed by atoms with Crippen LogP contribution < -0.4 is 4.90 Å². The van der Waals surface area contributed by atoms with E-state index in [2.05, 4.69) is 0 Å². The topological polar surface area (TPSA) is 20.3 Å². The van der Waals surface area contributed by atoms with E-state index in [0.29, 0.717) is 0 Å². The third-order valence-corrected chi connectivity index (χ3v) is 4.21. The summed E-state index contributed by atoms with van der Waals surface area (Å²) in [6, 6.07) is 18.8. The molecule has 3 rings (SSSR count). The molecule has 1 amide bonds. The first-order valence-electron chi connectivity index (χ1n) is 6.00. The third-order valence-electron chi connectivity index (χ3n) is 3.03. The Morgan fingerprint density at radius 2 is 1.53 bits per heavy atom. The summed E-state index contributed by atoms with van der Waals surface area (Å²) < 4.78 is 13.8. The molecule has 1 saturated heterocycles. The van der Waals surface area contributed by atoms with Gasteiger partial charge < -0.3 is 0 Å². The van der Waals surface area contributed by atoms with Crippen molar-refractivity contribution in [3.63, 3.8) is 0 Å². The lowest BCUT2D eigenvalue weighted by Gasteiger charge is -2.23. The van der Waals surface area contributed by atoms with Crippen molar-refractivity contribution in [2.24, 2.45) is 0 Å². The fraction of sp³-hybridized carbons (Fsp3) is 0.133. The lowest BCUT2D eigenvalue weighted by Crippen LogP contribution is -2.29. The molecule has 2 nitrogen and oxygen atoms in total. The second-order valence-corrected chi connectivity index (χ2v) is 5.39. The maximum atomic E-state index is 13.8. The van der Waals surface area contributed by atoms with Gasteiger partial charge in [-0.25, -0.2) is 4.39 Å². The van der Waals surface area contributed by atoms with Gasteiger partial charge in [0.2, 0.25) is 5.50 Å². The van der Waals surface area contributed by atoms with Crippen molar-refractivity contribution in [3.8, 4) is 0 Å². The number of anilines is 1. The van der Waals surface area contributed by atoms with E-state index in [4.69, 9.17) is 0 Å². The first-order valence-corrected chi connectivity index (χ1v) is 6.94. The SMILES string of the molecule is O=C1[C@@H](F)S[C@H](c2ccccc2)N1c1ccccc1. The molecule has 1 heterocycles. The number of hydrogen-bond acceptors (Lipinski definition) is 2. The van der Waals surface area contributed by atoms with Crippen LogP contribution in [-0.4, -0.2) is 11.4 Å². The van der Waals surface area contributed by atoms with E-state index in [1.807, 2.05) is 60.7 Å². The number of thioether (sulfide) groups is 1. The first-order chi connectivity index (χ1) is 9.27. The lowest BCUT2D eigenvalue weighted by atomic mass is 10.2. The summed E-state index contributed by atoms with van der Waals surface area (Å²) in [7, 11) is 0. The smallest absolute Gasteiger partial charge is 0.273 e. The minimum absolute atomic E-state index is 0.300. The quantitative estimate of drug-likeness (QED) is 0.830. The van der Waals surface area contributed by atoms with Crippen LogP contribution in [-0.2, 0) is 4.79 Å². The molecule has 4 heteroatoms. The van der Waals surface area contributed by atoms with Crippen LogP contribution in [0.3, 0.4) is 0 Å². The van der Waals surface area contributed by atoms with Gasteiger partial charge in [0.05, 0.1) is 0 Å². The van der Waals surface area contributed by atoms with Crippen molar-refractivity contribution in [3.05, 3.63) is 66.2 Å². The van der Waals surface area contributed by atoms with Crippen molar-refractivity contribution in [2.75, 3.05) is 4.90 Å². The van der Waals surface area contributed by atoms with Crippen LogP contribution in [0.5, 0.6) is 0 Å². The second-order valence-electron chi connectivity index (χ2n) is 4.26. The molecule has 2 atom stereocenters. The number of benzene rings is 2. The number of amides is 1. The van der Waals surface area contributed by atoms with Crippen LogP contribution in [0.1, 0.15) is 10.9 Å². The Bertz CT molecular complexity index is 575. The Kier molecular flexibility index (Phi) is 3.25. The fourth-order valence-electron chi connectivity index (χ4n) is 2.15. The molecular weight excluding hydrogens is 261 g/mol. The molecule has 0 aromatic heterocycles. The van der Waals surface area contributed by atoms with Gasteiger partial charge in [0.25, 0.3) is 5.91 Å². The number of hydrogen-bond donors (Lipinski definition) is 0. The molecule has 0 saturated carbocycles. The van der Waals surface area contributed by atoms with Gasteiger partial charge in [-0.15, -0.1) is 0 Å². The van der Waals surface area contributed by atoms with E-state index in [1.54, 1.807) is 0 Å². The van der Waals surface area contributed by atoms with Crippen LogP contribution in [0.4, 0.5) is 10.1 Å². The van der Waals surface area contributed by atoms with Crippen LogP contribution >= 0.6 is 11.8 Å². The second kappa shape index (κ2) is 5.05. The van der Waals surface area contributed by atoms with Gasteiger partial charge in [-0.2, -0.15) is 0 Å². The molecule has 2 aromatic rings. The maximum absolute atomic E-state index is 13.8. The van der Waals surface area contributed by atoms with Gasteiger partial charge in [0.1, 0.15) is 5.37 Å². The Morgan fingerprint density at radius 1 is 0.947 bits per heavy atom. The highest BCUT2D eigenvalue weighted by molar-refractivity contribution is 8.01. The predicted molar refractivity (Wildman–Crippen MR) is 75.6 cm³/mol. The summed E-state index contributed by atoms with van der Waals surface area (Å²) in [5, 5.41) is -0.300. The molecule has 19 heavy (non-hydrogen) atoms. The van der Waals surface area contributed by atoms with Crippen LogP contribution in [0.2, 0.25) is 0 Å². The lowest BCUT2D eigenvalue weighted by molar-refractivity contribution is -0.120. The van der Waals surface area contributed by atoms with Crippen molar-refractivity contribution in [1.82, 2.24) is 0 Å². The normalized spacial score (nSPS) is 22.8. The van der Waals surface area contributed by atoms with Crippen molar-refractivity contribution in [1.29, 1.82) is 0 Å². The summed E-state index contributed by atoms with van der Waals surface area (Å²) in [6.45, 7) is 0. The van der Waals surface area contributed by atoms with Gasteiger partial charge in [-0.3, -0.25) is 9.69 Å². The van der Waals surface area contributed by atoms with Crippen molar-refractivity contribution in [2.45, 2.75) is 10.9 Å². The van der Waals surface area contributed by atoms with E-state index < -0.39 is 11.4 Å².